The van der Waals surface area contributed by atoms with E-state index in [2.05, 4.69) is 56.9 Å². The molecule has 0 fully saturated rings. The predicted octanol–water partition coefficient (Wildman–Crippen LogP) is 5.01. The first-order valence-corrected chi connectivity index (χ1v) is 7.34. The lowest BCUT2D eigenvalue weighted by Crippen LogP contribution is -2.01. The van der Waals surface area contributed by atoms with Crippen LogP contribution in [-0.4, -0.2) is 9.97 Å². The van der Waals surface area contributed by atoms with Crippen molar-refractivity contribution in [2.24, 2.45) is 0 Å². The van der Waals surface area contributed by atoms with Crippen LogP contribution in [0.2, 0.25) is 0 Å². The van der Waals surface area contributed by atoms with Crippen molar-refractivity contribution in [3.63, 3.8) is 0 Å². The largest absolute Gasteiger partial charge is 0.258 e. The molecular formula is C18H24N2. The Bertz CT molecular complexity index is 566. The van der Waals surface area contributed by atoms with E-state index in [0.717, 1.165) is 11.4 Å². The lowest BCUT2D eigenvalue weighted by molar-refractivity contribution is 0.766. The van der Waals surface area contributed by atoms with Gasteiger partial charge in [-0.05, 0) is 61.1 Å². The molecule has 2 heteroatoms. The maximum Gasteiger partial charge on any atom is 0.0438 e. The Morgan fingerprint density at radius 1 is 0.650 bits per heavy atom. The zero-order valence-corrected chi connectivity index (χ0v) is 13.4. The fourth-order valence-electron chi connectivity index (χ4n) is 2.33. The lowest BCUT2D eigenvalue weighted by Gasteiger charge is -2.14. The quantitative estimate of drug-likeness (QED) is 0.782. The molecule has 2 aromatic rings. The summed E-state index contributed by atoms with van der Waals surface area (Å²) in [5, 5.41) is 0. The van der Waals surface area contributed by atoms with Gasteiger partial charge in [0.25, 0.3) is 0 Å². The Morgan fingerprint density at radius 3 is 1.45 bits per heavy atom. The number of aryl methyl sites for hydroxylation is 2. The van der Waals surface area contributed by atoms with E-state index in [-0.39, 0.29) is 0 Å². The van der Waals surface area contributed by atoms with Gasteiger partial charge in [-0.2, -0.15) is 0 Å². The number of pyridine rings is 2. The molecule has 0 saturated heterocycles. The van der Waals surface area contributed by atoms with Crippen molar-refractivity contribution in [2.45, 2.75) is 53.4 Å². The minimum atomic E-state index is 0.441. The summed E-state index contributed by atoms with van der Waals surface area (Å²) in [5.41, 5.74) is 6.95. The van der Waals surface area contributed by atoms with Crippen molar-refractivity contribution in [1.82, 2.24) is 9.97 Å². The first kappa shape index (κ1) is 14.7. The van der Waals surface area contributed by atoms with Gasteiger partial charge in [0.2, 0.25) is 0 Å². The molecule has 20 heavy (non-hydrogen) atoms. The molecule has 2 rings (SSSR count). The van der Waals surface area contributed by atoms with Gasteiger partial charge in [-0.25, -0.2) is 0 Å². The van der Waals surface area contributed by atoms with Gasteiger partial charge in [-0.15, -0.1) is 0 Å². The summed E-state index contributed by atoms with van der Waals surface area (Å²) in [6, 6.07) is 8.72. The van der Waals surface area contributed by atoms with Gasteiger partial charge in [0, 0.05) is 22.8 Å². The number of rotatable bonds is 3. The molecular weight excluding hydrogens is 244 g/mol. The Labute approximate surface area is 122 Å². The molecule has 0 spiro atoms. The highest BCUT2D eigenvalue weighted by molar-refractivity contribution is 5.65. The third-order valence-electron chi connectivity index (χ3n) is 3.46. The van der Waals surface area contributed by atoms with Gasteiger partial charge in [0.15, 0.2) is 0 Å². The van der Waals surface area contributed by atoms with Crippen molar-refractivity contribution < 1.29 is 0 Å². The van der Waals surface area contributed by atoms with Crippen LogP contribution in [0.3, 0.4) is 0 Å². The van der Waals surface area contributed by atoms with Crippen LogP contribution in [0, 0.1) is 13.8 Å². The van der Waals surface area contributed by atoms with E-state index in [9.17, 15) is 0 Å². The molecule has 0 saturated carbocycles. The van der Waals surface area contributed by atoms with Crippen molar-refractivity contribution >= 4 is 0 Å². The second kappa shape index (κ2) is 5.74. The fraction of sp³-hybridized carbons (Fsp3) is 0.444. The molecule has 0 aliphatic heterocycles. The van der Waals surface area contributed by atoms with Gasteiger partial charge >= 0.3 is 0 Å². The van der Waals surface area contributed by atoms with E-state index in [1.54, 1.807) is 0 Å². The van der Waals surface area contributed by atoms with E-state index in [1.807, 2.05) is 13.8 Å². The number of nitrogens with zero attached hydrogens (tertiary/aromatic N) is 2. The molecule has 0 amide bonds. The van der Waals surface area contributed by atoms with Crippen LogP contribution in [-0.2, 0) is 0 Å². The summed E-state index contributed by atoms with van der Waals surface area (Å²) in [6.45, 7) is 12.9. The molecule has 0 aromatic carbocycles. The zero-order valence-electron chi connectivity index (χ0n) is 13.4. The van der Waals surface area contributed by atoms with E-state index in [1.165, 1.54) is 22.5 Å². The maximum absolute atomic E-state index is 4.79. The second-order valence-electron chi connectivity index (χ2n) is 6.15. The van der Waals surface area contributed by atoms with Crippen LogP contribution < -0.4 is 0 Å². The molecule has 0 bridgehead atoms. The Balaban J connectivity index is 2.60. The fourth-order valence-corrected chi connectivity index (χ4v) is 2.33. The van der Waals surface area contributed by atoms with Gasteiger partial charge in [0.1, 0.15) is 0 Å². The Morgan fingerprint density at radius 2 is 1.05 bits per heavy atom. The molecule has 0 radical (unpaired) electrons. The summed E-state index contributed by atoms with van der Waals surface area (Å²) < 4.78 is 0. The molecule has 2 aromatic heterocycles. The van der Waals surface area contributed by atoms with Gasteiger partial charge < -0.3 is 0 Å². The molecule has 0 aliphatic rings. The zero-order chi connectivity index (χ0) is 14.9. The first-order valence-electron chi connectivity index (χ1n) is 7.34. The average Bonchev–Trinajstić information content (AvgIpc) is 2.36. The maximum atomic E-state index is 4.79. The normalized spacial score (nSPS) is 11.4. The minimum Gasteiger partial charge on any atom is -0.258 e. The summed E-state index contributed by atoms with van der Waals surface area (Å²) in [7, 11) is 0. The molecule has 2 nitrogen and oxygen atoms in total. The highest BCUT2D eigenvalue weighted by Crippen LogP contribution is 2.27. The van der Waals surface area contributed by atoms with Gasteiger partial charge in [-0.3, -0.25) is 9.97 Å². The monoisotopic (exact) mass is 268 g/mol. The van der Waals surface area contributed by atoms with Crippen molar-refractivity contribution in [3.05, 3.63) is 47.0 Å². The van der Waals surface area contributed by atoms with Gasteiger partial charge in [0.05, 0.1) is 0 Å². The number of hydrogen-bond acceptors (Lipinski definition) is 2. The topological polar surface area (TPSA) is 25.8 Å². The van der Waals surface area contributed by atoms with E-state index < -0.39 is 0 Å². The molecule has 0 aliphatic carbocycles. The number of hydrogen-bond donors (Lipinski definition) is 0. The van der Waals surface area contributed by atoms with Crippen LogP contribution in [0.25, 0.3) is 11.1 Å². The smallest absolute Gasteiger partial charge is 0.0438 e. The second-order valence-corrected chi connectivity index (χ2v) is 6.15. The molecule has 0 unspecified atom stereocenters. The molecule has 2 heterocycles. The lowest BCUT2D eigenvalue weighted by atomic mass is 9.98. The minimum absolute atomic E-state index is 0.441. The SMILES string of the molecule is Cc1cc(-c2cc(C(C)C)nc(C(C)C)c2)cc(C)n1. The van der Waals surface area contributed by atoms with E-state index in [0.29, 0.717) is 11.8 Å². The Kier molecular flexibility index (Phi) is 4.22. The molecule has 0 atom stereocenters. The average molecular weight is 268 g/mol. The van der Waals surface area contributed by atoms with Gasteiger partial charge in [-0.1, -0.05) is 27.7 Å². The van der Waals surface area contributed by atoms with Crippen LogP contribution in [0.1, 0.15) is 62.3 Å². The first-order chi connectivity index (χ1) is 9.36. The Hall–Kier alpha value is -1.70. The third kappa shape index (κ3) is 3.24. The van der Waals surface area contributed by atoms with Crippen LogP contribution in [0.15, 0.2) is 24.3 Å². The standard InChI is InChI=1S/C18H24N2/c1-11(2)17-9-16(10-18(20-17)12(3)4)15-7-13(5)19-14(6)8-15/h7-12H,1-6H3. The highest BCUT2D eigenvalue weighted by atomic mass is 14.7. The predicted molar refractivity (Wildman–Crippen MR) is 85.1 cm³/mol. The summed E-state index contributed by atoms with van der Waals surface area (Å²) >= 11 is 0. The third-order valence-corrected chi connectivity index (χ3v) is 3.46. The van der Waals surface area contributed by atoms with Crippen molar-refractivity contribution in [3.8, 4) is 11.1 Å². The molecule has 0 N–H and O–H groups in total. The van der Waals surface area contributed by atoms with Crippen LogP contribution in [0.5, 0.6) is 0 Å². The van der Waals surface area contributed by atoms with E-state index >= 15 is 0 Å². The van der Waals surface area contributed by atoms with Crippen molar-refractivity contribution in [2.75, 3.05) is 0 Å². The highest BCUT2D eigenvalue weighted by Gasteiger charge is 2.10. The van der Waals surface area contributed by atoms with Crippen LogP contribution >= 0.6 is 0 Å². The van der Waals surface area contributed by atoms with E-state index in [4.69, 9.17) is 4.98 Å². The summed E-state index contributed by atoms with van der Waals surface area (Å²) in [4.78, 5) is 9.25. The summed E-state index contributed by atoms with van der Waals surface area (Å²) in [6.07, 6.45) is 0. The van der Waals surface area contributed by atoms with Crippen molar-refractivity contribution in [1.29, 1.82) is 0 Å². The molecule has 106 valence electrons. The van der Waals surface area contributed by atoms with Crippen LogP contribution in [0.4, 0.5) is 0 Å². The summed E-state index contributed by atoms with van der Waals surface area (Å²) in [5.74, 6) is 0.882. The number of aromatic nitrogens is 2.